The molecule has 0 N–H and O–H groups in total. The molecule has 1 saturated heterocycles. The van der Waals surface area contributed by atoms with Gasteiger partial charge in [0.15, 0.2) is 5.82 Å². The van der Waals surface area contributed by atoms with Crippen LogP contribution in [0.1, 0.15) is 39.4 Å². The number of ether oxygens (including phenoxy) is 1. The fourth-order valence-corrected chi connectivity index (χ4v) is 2.24. The van der Waals surface area contributed by atoms with Crippen molar-refractivity contribution in [3.63, 3.8) is 0 Å². The van der Waals surface area contributed by atoms with Crippen molar-refractivity contribution in [3.8, 4) is 0 Å². The maximum atomic E-state index is 5.68. The van der Waals surface area contributed by atoms with Crippen LogP contribution < -0.4 is 0 Å². The molecule has 0 atom stereocenters. The number of hydrogen-bond donors (Lipinski definition) is 0. The highest BCUT2D eigenvalue weighted by Crippen LogP contribution is 2.18. The molecule has 1 aromatic rings. The standard InChI is InChI=1S/C13H23N3O2/c1-10(2)7-11-14-12(18-15-11)8-16-5-6-17-13(3,4)9-16/h10H,5-9H2,1-4H3. The SMILES string of the molecule is CC(C)Cc1noc(CN2CCOC(C)(C)C2)n1. The maximum absolute atomic E-state index is 5.68. The van der Waals surface area contributed by atoms with Crippen molar-refractivity contribution in [1.29, 1.82) is 0 Å². The Morgan fingerprint density at radius 3 is 2.83 bits per heavy atom. The lowest BCUT2D eigenvalue weighted by atomic mass is 10.1. The van der Waals surface area contributed by atoms with Crippen LogP contribution in [0, 0.1) is 5.92 Å². The normalized spacial score (nSPS) is 20.5. The van der Waals surface area contributed by atoms with Crippen LogP contribution in [0.4, 0.5) is 0 Å². The van der Waals surface area contributed by atoms with E-state index in [0.717, 1.165) is 38.5 Å². The molecule has 1 aromatic heterocycles. The van der Waals surface area contributed by atoms with Crippen molar-refractivity contribution in [1.82, 2.24) is 15.0 Å². The van der Waals surface area contributed by atoms with E-state index in [-0.39, 0.29) is 5.60 Å². The van der Waals surface area contributed by atoms with Crippen molar-refractivity contribution in [2.45, 2.75) is 46.3 Å². The fourth-order valence-electron chi connectivity index (χ4n) is 2.24. The Hall–Kier alpha value is -0.940. The van der Waals surface area contributed by atoms with Gasteiger partial charge in [0.1, 0.15) is 0 Å². The molecule has 0 radical (unpaired) electrons. The van der Waals surface area contributed by atoms with Gasteiger partial charge >= 0.3 is 0 Å². The summed E-state index contributed by atoms with van der Waals surface area (Å²) < 4.78 is 11.0. The monoisotopic (exact) mass is 253 g/mol. The largest absolute Gasteiger partial charge is 0.373 e. The van der Waals surface area contributed by atoms with Gasteiger partial charge in [-0.1, -0.05) is 19.0 Å². The average molecular weight is 253 g/mol. The molecule has 5 nitrogen and oxygen atoms in total. The molecular weight excluding hydrogens is 230 g/mol. The van der Waals surface area contributed by atoms with Gasteiger partial charge in [-0.25, -0.2) is 0 Å². The molecule has 1 fully saturated rings. The summed E-state index contributed by atoms with van der Waals surface area (Å²) in [5.74, 6) is 2.08. The first-order chi connectivity index (χ1) is 8.44. The van der Waals surface area contributed by atoms with Crippen molar-refractivity contribution >= 4 is 0 Å². The molecule has 1 aliphatic rings. The summed E-state index contributed by atoms with van der Waals surface area (Å²) in [6.45, 7) is 11.8. The van der Waals surface area contributed by atoms with Crippen LogP contribution in [0.15, 0.2) is 4.52 Å². The smallest absolute Gasteiger partial charge is 0.240 e. The van der Waals surface area contributed by atoms with Gasteiger partial charge in [-0.3, -0.25) is 4.90 Å². The van der Waals surface area contributed by atoms with E-state index in [1.165, 1.54) is 0 Å². The summed E-state index contributed by atoms with van der Waals surface area (Å²) in [6.07, 6.45) is 0.873. The summed E-state index contributed by atoms with van der Waals surface area (Å²) in [6, 6.07) is 0. The Balaban J connectivity index is 1.91. The van der Waals surface area contributed by atoms with E-state index in [1.54, 1.807) is 0 Å². The minimum Gasteiger partial charge on any atom is -0.373 e. The zero-order valence-corrected chi connectivity index (χ0v) is 11.8. The highest BCUT2D eigenvalue weighted by atomic mass is 16.5. The van der Waals surface area contributed by atoms with Gasteiger partial charge in [0, 0.05) is 19.5 Å². The molecular formula is C13H23N3O2. The van der Waals surface area contributed by atoms with Gasteiger partial charge < -0.3 is 9.26 Å². The van der Waals surface area contributed by atoms with E-state index in [0.29, 0.717) is 11.8 Å². The first-order valence-corrected chi connectivity index (χ1v) is 6.62. The van der Waals surface area contributed by atoms with Crippen LogP contribution in [0.25, 0.3) is 0 Å². The number of rotatable bonds is 4. The zero-order valence-electron chi connectivity index (χ0n) is 11.8. The lowest BCUT2D eigenvalue weighted by molar-refractivity contribution is -0.0900. The molecule has 0 spiro atoms. The molecule has 0 unspecified atom stereocenters. The molecule has 5 heteroatoms. The van der Waals surface area contributed by atoms with Crippen LogP contribution in [0.3, 0.4) is 0 Å². The number of aromatic nitrogens is 2. The first kappa shape index (κ1) is 13.5. The molecule has 18 heavy (non-hydrogen) atoms. The van der Waals surface area contributed by atoms with Crippen LogP contribution >= 0.6 is 0 Å². The zero-order chi connectivity index (χ0) is 13.2. The van der Waals surface area contributed by atoms with Gasteiger partial charge in [0.05, 0.1) is 18.8 Å². The van der Waals surface area contributed by atoms with Crippen LogP contribution in [-0.4, -0.2) is 40.3 Å². The highest BCUT2D eigenvalue weighted by molar-refractivity contribution is 4.89. The summed E-state index contributed by atoms with van der Waals surface area (Å²) in [4.78, 5) is 6.73. The molecule has 0 amide bonds. The highest BCUT2D eigenvalue weighted by Gasteiger charge is 2.28. The number of morpholine rings is 1. The summed E-state index contributed by atoms with van der Waals surface area (Å²) in [5.41, 5.74) is -0.0843. The van der Waals surface area contributed by atoms with Crippen molar-refractivity contribution < 1.29 is 9.26 Å². The van der Waals surface area contributed by atoms with Crippen LogP contribution in [0.5, 0.6) is 0 Å². The second-order valence-electron chi connectivity index (χ2n) is 6.02. The average Bonchev–Trinajstić information content (AvgIpc) is 2.62. The van der Waals surface area contributed by atoms with Gasteiger partial charge in [-0.15, -0.1) is 0 Å². The molecule has 102 valence electrons. The molecule has 0 aliphatic carbocycles. The van der Waals surface area contributed by atoms with E-state index < -0.39 is 0 Å². The molecule has 0 saturated carbocycles. The van der Waals surface area contributed by atoms with Gasteiger partial charge in [-0.05, 0) is 19.8 Å². The quantitative estimate of drug-likeness (QED) is 0.820. The van der Waals surface area contributed by atoms with Crippen molar-refractivity contribution in [2.75, 3.05) is 19.7 Å². The van der Waals surface area contributed by atoms with Crippen molar-refractivity contribution in [3.05, 3.63) is 11.7 Å². The van der Waals surface area contributed by atoms with E-state index >= 15 is 0 Å². The topological polar surface area (TPSA) is 51.4 Å². The third-order valence-electron chi connectivity index (χ3n) is 2.96. The molecule has 2 rings (SSSR count). The third-order valence-corrected chi connectivity index (χ3v) is 2.96. The molecule has 2 heterocycles. The lowest BCUT2D eigenvalue weighted by Gasteiger charge is -2.37. The van der Waals surface area contributed by atoms with Crippen LogP contribution in [0.2, 0.25) is 0 Å². The Labute approximate surface area is 108 Å². The number of hydrogen-bond acceptors (Lipinski definition) is 5. The van der Waals surface area contributed by atoms with Crippen molar-refractivity contribution in [2.24, 2.45) is 5.92 Å². The fraction of sp³-hybridized carbons (Fsp3) is 0.846. The Morgan fingerprint density at radius 1 is 1.39 bits per heavy atom. The summed E-state index contributed by atoms with van der Waals surface area (Å²) in [5, 5.41) is 4.01. The Kier molecular flexibility index (Phi) is 4.02. The van der Waals surface area contributed by atoms with Gasteiger partial charge in [0.2, 0.25) is 5.89 Å². The first-order valence-electron chi connectivity index (χ1n) is 6.62. The van der Waals surface area contributed by atoms with Crippen LogP contribution in [-0.2, 0) is 17.7 Å². The minimum absolute atomic E-state index is 0.0843. The Bertz CT molecular complexity index is 387. The minimum atomic E-state index is -0.0843. The molecule has 0 bridgehead atoms. The van der Waals surface area contributed by atoms with Gasteiger partial charge in [-0.2, -0.15) is 4.98 Å². The second kappa shape index (κ2) is 5.36. The maximum Gasteiger partial charge on any atom is 0.240 e. The van der Waals surface area contributed by atoms with E-state index in [4.69, 9.17) is 9.26 Å². The lowest BCUT2D eigenvalue weighted by Crippen LogP contribution is -2.47. The van der Waals surface area contributed by atoms with E-state index in [1.807, 2.05) is 0 Å². The predicted octanol–water partition coefficient (Wildman–Crippen LogP) is 1.88. The van der Waals surface area contributed by atoms with E-state index in [9.17, 15) is 0 Å². The summed E-state index contributed by atoms with van der Waals surface area (Å²) in [7, 11) is 0. The summed E-state index contributed by atoms with van der Waals surface area (Å²) >= 11 is 0. The van der Waals surface area contributed by atoms with Gasteiger partial charge in [0.25, 0.3) is 0 Å². The third kappa shape index (κ3) is 3.78. The second-order valence-corrected chi connectivity index (χ2v) is 6.02. The molecule has 0 aromatic carbocycles. The number of nitrogens with zero attached hydrogens (tertiary/aromatic N) is 3. The van der Waals surface area contributed by atoms with E-state index in [2.05, 4.69) is 42.7 Å². The Morgan fingerprint density at radius 2 is 2.17 bits per heavy atom. The predicted molar refractivity (Wildman–Crippen MR) is 68.1 cm³/mol. The molecule has 1 aliphatic heterocycles.